The molecule has 0 radical (unpaired) electrons. The Bertz CT molecular complexity index is 1110. The number of rotatable bonds is 8. The van der Waals surface area contributed by atoms with Gasteiger partial charge in [0.05, 0.1) is 24.8 Å². The smallest absolute Gasteiger partial charge is 0.295 e. The largest absolute Gasteiger partial charge is 0.507 e. The number of amides is 1. The van der Waals surface area contributed by atoms with E-state index in [0.29, 0.717) is 30.1 Å². The lowest BCUT2D eigenvalue weighted by molar-refractivity contribution is -0.140. The number of ether oxygens (including phenoxy) is 3. The second-order valence-corrected chi connectivity index (χ2v) is 7.93. The van der Waals surface area contributed by atoms with Crippen LogP contribution in [0, 0.1) is 0 Å². The van der Waals surface area contributed by atoms with Gasteiger partial charge in [0.2, 0.25) is 0 Å². The molecule has 2 aromatic carbocycles. The fraction of sp³-hybridized carbons (Fsp3) is 0.308. The highest BCUT2D eigenvalue weighted by molar-refractivity contribution is 6.46. The average molecular weight is 450 g/mol. The minimum atomic E-state index is -0.764. The van der Waals surface area contributed by atoms with Crippen molar-refractivity contribution < 1.29 is 28.9 Å². The first-order valence-corrected chi connectivity index (χ1v) is 10.9. The first-order chi connectivity index (χ1) is 16.0. The monoisotopic (exact) mass is 449 g/mol. The number of carbonyl (C=O) groups is 2. The Morgan fingerprint density at radius 2 is 2.12 bits per heavy atom. The summed E-state index contributed by atoms with van der Waals surface area (Å²) in [6, 6.07) is 11.7. The summed E-state index contributed by atoms with van der Waals surface area (Å²) in [5, 5.41) is 11.3. The van der Waals surface area contributed by atoms with Crippen LogP contribution < -0.4 is 9.47 Å². The molecule has 1 unspecified atom stereocenters. The summed E-state index contributed by atoms with van der Waals surface area (Å²) in [7, 11) is 1.53. The molecule has 2 aliphatic rings. The summed E-state index contributed by atoms with van der Waals surface area (Å²) in [4.78, 5) is 27.5. The van der Waals surface area contributed by atoms with Gasteiger partial charge in [0.15, 0.2) is 0 Å². The lowest BCUT2D eigenvalue weighted by Crippen LogP contribution is -2.32. The van der Waals surface area contributed by atoms with Crippen molar-refractivity contribution in [3.05, 3.63) is 77.4 Å². The van der Waals surface area contributed by atoms with Crippen LogP contribution in [-0.4, -0.2) is 55.2 Å². The number of Topliss-reactive ketones (excluding diaryl/α,β-unsaturated/α-hetero) is 1. The highest BCUT2D eigenvalue weighted by Gasteiger charge is 2.46. The van der Waals surface area contributed by atoms with Gasteiger partial charge in [-0.05, 0) is 54.3 Å². The minimum Gasteiger partial charge on any atom is -0.507 e. The molecule has 4 rings (SSSR count). The standard InChI is InChI=1S/C26H27NO6/c1-3-12-32-20-8-4-6-18(16-20)23-22(25(29)26(30)27(23)11-14-31-2)24(28)19-9-10-21-17(15-19)7-5-13-33-21/h3-4,6,8-10,15-16,23,28H,1,5,7,11-14H2,2H3/b24-22-. The van der Waals surface area contributed by atoms with Gasteiger partial charge >= 0.3 is 0 Å². The summed E-state index contributed by atoms with van der Waals surface area (Å²) in [5.74, 6) is -0.237. The summed E-state index contributed by atoms with van der Waals surface area (Å²) in [6.07, 6.45) is 3.35. The molecule has 0 spiro atoms. The second kappa shape index (κ2) is 9.92. The second-order valence-electron chi connectivity index (χ2n) is 7.93. The van der Waals surface area contributed by atoms with Crippen LogP contribution in [0.2, 0.25) is 0 Å². The van der Waals surface area contributed by atoms with Gasteiger partial charge in [-0.1, -0.05) is 24.8 Å². The summed E-state index contributed by atoms with van der Waals surface area (Å²) >= 11 is 0. The number of benzene rings is 2. The van der Waals surface area contributed by atoms with Gasteiger partial charge in [-0.2, -0.15) is 0 Å². The SMILES string of the molecule is C=CCOc1cccc(C2/C(=C(/O)c3ccc4c(c3)CCCO4)C(=O)C(=O)N2CCOC)c1. The summed E-state index contributed by atoms with van der Waals surface area (Å²) in [5.41, 5.74) is 2.16. The molecule has 1 amide bonds. The molecule has 2 heterocycles. The van der Waals surface area contributed by atoms with Gasteiger partial charge in [0.1, 0.15) is 23.9 Å². The Kier molecular flexibility index (Phi) is 6.79. The summed E-state index contributed by atoms with van der Waals surface area (Å²) in [6.45, 7) is 5.10. The van der Waals surface area contributed by atoms with E-state index in [1.807, 2.05) is 12.1 Å². The van der Waals surface area contributed by atoms with Gasteiger partial charge in [0.25, 0.3) is 11.7 Å². The lowest BCUT2D eigenvalue weighted by Gasteiger charge is -2.25. The number of carbonyl (C=O) groups excluding carboxylic acids is 2. The third-order valence-electron chi connectivity index (χ3n) is 5.80. The van der Waals surface area contributed by atoms with Crippen molar-refractivity contribution in [3.8, 4) is 11.5 Å². The van der Waals surface area contributed by atoms with Crippen LogP contribution in [0.5, 0.6) is 11.5 Å². The number of ketones is 1. The van der Waals surface area contributed by atoms with Crippen molar-refractivity contribution in [2.75, 3.05) is 33.5 Å². The zero-order chi connectivity index (χ0) is 23.4. The average Bonchev–Trinajstić information content (AvgIpc) is 3.10. The number of hydrogen-bond donors (Lipinski definition) is 1. The first-order valence-electron chi connectivity index (χ1n) is 10.9. The Morgan fingerprint density at radius 1 is 1.27 bits per heavy atom. The van der Waals surface area contributed by atoms with Gasteiger partial charge < -0.3 is 24.2 Å². The van der Waals surface area contributed by atoms with Crippen molar-refractivity contribution in [2.45, 2.75) is 18.9 Å². The molecule has 0 saturated carbocycles. The topological polar surface area (TPSA) is 85.3 Å². The Labute approximate surface area is 192 Å². The predicted molar refractivity (Wildman–Crippen MR) is 123 cm³/mol. The Hall–Kier alpha value is -3.58. The number of fused-ring (bicyclic) bond motifs is 1. The number of hydrogen-bond acceptors (Lipinski definition) is 6. The zero-order valence-electron chi connectivity index (χ0n) is 18.6. The number of aryl methyl sites for hydroxylation is 1. The third kappa shape index (κ3) is 4.50. The molecule has 0 bridgehead atoms. The normalized spacial score (nSPS) is 19.2. The van der Waals surface area contributed by atoms with Gasteiger partial charge in [-0.15, -0.1) is 0 Å². The number of aliphatic hydroxyl groups is 1. The highest BCUT2D eigenvalue weighted by Crippen LogP contribution is 2.40. The van der Waals surface area contributed by atoms with Crippen molar-refractivity contribution >= 4 is 17.4 Å². The Balaban J connectivity index is 1.81. The molecule has 2 aliphatic heterocycles. The predicted octanol–water partition coefficient (Wildman–Crippen LogP) is 3.64. The number of aliphatic hydroxyl groups excluding tert-OH is 1. The van der Waals surface area contributed by atoms with Gasteiger partial charge in [-0.3, -0.25) is 9.59 Å². The number of likely N-dealkylation sites (tertiary alicyclic amines) is 1. The molecular formula is C26H27NO6. The molecule has 7 heteroatoms. The Morgan fingerprint density at radius 3 is 2.91 bits per heavy atom. The van der Waals surface area contributed by atoms with E-state index in [9.17, 15) is 14.7 Å². The van der Waals surface area contributed by atoms with Gasteiger partial charge in [0, 0.05) is 19.2 Å². The number of nitrogens with zero attached hydrogens (tertiary/aromatic N) is 1. The van der Waals surface area contributed by atoms with Crippen molar-refractivity contribution in [2.24, 2.45) is 0 Å². The first kappa shape index (κ1) is 22.6. The van der Waals surface area contributed by atoms with E-state index in [-0.39, 0.29) is 24.5 Å². The third-order valence-corrected chi connectivity index (χ3v) is 5.80. The molecule has 1 fully saturated rings. The van der Waals surface area contributed by atoms with Crippen molar-refractivity contribution in [1.82, 2.24) is 4.90 Å². The van der Waals surface area contributed by atoms with E-state index < -0.39 is 17.7 Å². The highest BCUT2D eigenvalue weighted by atomic mass is 16.5. The van der Waals surface area contributed by atoms with E-state index in [1.54, 1.807) is 36.4 Å². The zero-order valence-corrected chi connectivity index (χ0v) is 18.6. The molecule has 172 valence electrons. The van der Waals surface area contributed by atoms with Crippen LogP contribution in [0.15, 0.2) is 60.7 Å². The molecule has 7 nitrogen and oxygen atoms in total. The van der Waals surface area contributed by atoms with Crippen molar-refractivity contribution in [3.63, 3.8) is 0 Å². The van der Waals surface area contributed by atoms with E-state index in [2.05, 4.69) is 6.58 Å². The van der Waals surface area contributed by atoms with Crippen LogP contribution in [0.4, 0.5) is 0 Å². The van der Waals surface area contributed by atoms with Crippen molar-refractivity contribution in [1.29, 1.82) is 0 Å². The maximum absolute atomic E-state index is 13.1. The number of methoxy groups -OCH3 is 1. The maximum Gasteiger partial charge on any atom is 0.295 e. The molecule has 1 atom stereocenters. The quantitative estimate of drug-likeness (QED) is 0.287. The molecule has 1 N–H and O–H groups in total. The van der Waals surface area contributed by atoms with Crippen LogP contribution in [0.3, 0.4) is 0 Å². The fourth-order valence-electron chi connectivity index (χ4n) is 4.24. The molecule has 2 aromatic rings. The van der Waals surface area contributed by atoms with E-state index >= 15 is 0 Å². The molecule has 0 aromatic heterocycles. The summed E-state index contributed by atoms with van der Waals surface area (Å²) < 4.78 is 16.5. The molecule has 0 aliphatic carbocycles. The van der Waals surface area contributed by atoms with Crippen LogP contribution in [-0.2, 0) is 20.7 Å². The van der Waals surface area contributed by atoms with Crippen LogP contribution >= 0.6 is 0 Å². The maximum atomic E-state index is 13.1. The lowest BCUT2D eigenvalue weighted by atomic mass is 9.94. The molecule has 33 heavy (non-hydrogen) atoms. The molecule has 1 saturated heterocycles. The minimum absolute atomic E-state index is 0.0497. The van der Waals surface area contributed by atoms with Crippen LogP contribution in [0.1, 0.15) is 29.2 Å². The van der Waals surface area contributed by atoms with E-state index in [1.165, 1.54) is 12.0 Å². The fourth-order valence-corrected chi connectivity index (χ4v) is 4.24. The van der Waals surface area contributed by atoms with Gasteiger partial charge in [-0.25, -0.2) is 0 Å². The molecular weight excluding hydrogens is 422 g/mol. The van der Waals surface area contributed by atoms with E-state index in [0.717, 1.165) is 24.2 Å². The van der Waals surface area contributed by atoms with E-state index in [4.69, 9.17) is 14.2 Å². The van der Waals surface area contributed by atoms with Crippen LogP contribution in [0.25, 0.3) is 5.76 Å².